The molecule has 0 bridgehead atoms. The summed E-state index contributed by atoms with van der Waals surface area (Å²) >= 11 is 6.24. The maximum Gasteiger partial charge on any atom is 0.435 e. The number of aromatic nitrogens is 2. The third-order valence-electron chi connectivity index (χ3n) is 5.08. The van der Waals surface area contributed by atoms with Crippen molar-refractivity contribution in [3.8, 4) is 0 Å². The van der Waals surface area contributed by atoms with E-state index in [1.165, 1.54) is 0 Å². The lowest BCUT2D eigenvalue weighted by Crippen LogP contribution is -2.43. The fourth-order valence-electron chi connectivity index (χ4n) is 3.50. The molecule has 0 radical (unpaired) electrons. The zero-order chi connectivity index (χ0) is 20.3. The maximum absolute atomic E-state index is 13.1. The number of ether oxygens (including phenoxy) is 1. The van der Waals surface area contributed by atoms with E-state index in [1.807, 2.05) is 6.07 Å². The van der Waals surface area contributed by atoms with Crippen LogP contribution >= 0.6 is 11.6 Å². The molecule has 1 aliphatic rings. The summed E-state index contributed by atoms with van der Waals surface area (Å²) in [5.74, 6) is -0.524. The molecule has 0 saturated heterocycles. The van der Waals surface area contributed by atoms with Crippen LogP contribution in [0.25, 0.3) is 0 Å². The SMILES string of the molecule is CO[C@H]1CC[C@H](N(Cc2ccccc2Cl)C(=O)c2cc(C(F)(F)F)n[nH]2)CC1. The number of rotatable bonds is 5. The van der Waals surface area contributed by atoms with Gasteiger partial charge in [0.05, 0.1) is 6.10 Å². The number of methoxy groups -OCH3 is 1. The first-order valence-corrected chi connectivity index (χ1v) is 9.37. The van der Waals surface area contributed by atoms with Crippen molar-refractivity contribution >= 4 is 17.5 Å². The number of carbonyl (C=O) groups is 1. The summed E-state index contributed by atoms with van der Waals surface area (Å²) in [5, 5.41) is 5.98. The van der Waals surface area contributed by atoms with E-state index in [0.717, 1.165) is 24.5 Å². The molecule has 1 aromatic carbocycles. The van der Waals surface area contributed by atoms with Crippen LogP contribution in [0.1, 0.15) is 47.4 Å². The third-order valence-corrected chi connectivity index (χ3v) is 5.44. The molecule has 1 aromatic heterocycles. The number of benzene rings is 1. The first-order chi connectivity index (χ1) is 13.3. The summed E-state index contributed by atoms with van der Waals surface area (Å²) in [5.41, 5.74) is -0.563. The number of aromatic amines is 1. The van der Waals surface area contributed by atoms with Gasteiger partial charge in [-0.3, -0.25) is 9.89 Å². The minimum atomic E-state index is -4.61. The van der Waals surface area contributed by atoms with Crippen LogP contribution in [0.3, 0.4) is 0 Å². The Morgan fingerprint density at radius 3 is 2.54 bits per heavy atom. The molecule has 1 fully saturated rings. The zero-order valence-corrected chi connectivity index (χ0v) is 16.1. The van der Waals surface area contributed by atoms with Crippen molar-refractivity contribution in [2.75, 3.05) is 7.11 Å². The molecule has 0 atom stereocenters. The van der Waals surface area contributed by atoms with Crippen molar-refractivity contribution in [2.45, 2.75) is 50.6 Å². The Hall–Kier alpha value is -2.06. The van der Waals surface area contributed by atoms with Crippen molar-refractivity contribution in [2.24, 2.45) is 0 Å². The van der Waals surface area contributed by atoms with Crippen LogP contribution in [0, 0.1) is 0 Å². The van der Waals surface area contributed by atoms with E-state index in [9.17, 15) is 18.0 Å². The van der Waals surface area contributed by atoms with Gasteiger partial charge in [0.15, 0.2) is 5.69 Å². The predicted octanol–water partition coefficient (Wildman–Crippen LogP) is 4.68. The summed E-state index contributed by atoms with van der Waals surface area (Å²) in [6.45, 7) is 0.210. The molecule has 152 valence electrons. The molecule has 28 heavy (non-hydrogen) atoms. The Balaban J connectivity index is 1.86. The molecule has 5 nitrogen and oxygen atoms in total. The highest BCUT2D eigenvalue weighted by Gasteiger charge is 2.36. The second kappa shape index (κ2) is 8.53. The highest BCUT2D eigenvalue weighted by Crippen LogP contribution is 2.31. The van der Waals surface area contributed by atoms with Crippen molar-refractivity contribution in [3.05, 3.63) is 52.3 Å². The zero-order valence-electron chi connectivity index (χ0n) is 15.3. The van der Waals surface area contributed by atoms with E-state index in [0.29, 0.717) is 17.9 Å². The molecule has 9 heteroatoms. The summed E-state index contributed by atoms with van der Waals surface area (Å²) in [6, 6.07) is 7.75. The lowest BCUT2D eigenvalue weighted by Gasteiger charge is -2.36. The smallest absolute Gasteiger partial charge is 0.381 e. The Labute approximate surface area is 165 Å². The van der Waals surface area contributed by atoms with Gasteiger partial charge >= 0.3 is 6.18 Å². The first kappa shape index (κ1) is 20.7. The molecule has 1 aliphatic carbocycles. The number of carbonyl (C=O) groups excluding carboxylic acids is 1. The number of amides is 1. The minimum absolute atomic E-state index is 0.118. The largest absolute Gasteiger partial charge is 0.435 e. The lowest BCUT2D eigenvalue weighted by molar-refractivity contribution is -0.141. The molecular formula is C19H21ClF3N3O2. The van der Waals surface area contributed by atoms with Crippen molar-refractivity contribution in [1.82, 2.24) is 15.1 Å². The Morgan fingerprint density at radius 1 is 1.29 bits per heavy atom. The normalized spacial score (nSPS) is 20.2. The second-order valence-corrected chi connectivity index (χ2v) is 7.26. The predicted molar refractivity (Wildman–Crippen MR) is 98.0 cm³/mol. The van der Waals surface area contributed by atoms with Gasteiger partial charge in [0.2, 0.25) is 0 Å². The fraction of sp³-hybridized carbons (Fsp3) is 0.474. The van der Waals surface area contributed by atoms with Gasteiger partial charge in [-0.1, -0.05) is 29.8 Å². The van der Waals surface area contributed by atoms with Gasteiger partial charge in [0.1, 0.15) is 5.69 Å². The van der Waals surface area contributed by atoms with Crippen LogP contribution in [0.15, 0.2) is 30.3 Å². The van der Waals surface area contributed by atoms with Gasteiger partial charge in [-0.15, -0.1) is 0 Å². The van der Waals surface area contributed by atoms with Crippen LogP contribution in [-0.4, -0.2) is 40.3 Å². The maximum atomic E-state index is 13.1. The molecule has 0 spiro atoms. The number of hydrogen-bond donors (Lipinski definition) is 1. The summed E-state index contributed by atoms with van der Waals surface area (Å²) < 4.78 is 44.0. The number of halogens is 4. The first-order valence-electron chi connectivity index (χ1n) is 8.99. The van der Waals surface area contributed by atoms with Gasteiger partial charge < -0.3 is 9.64 Å². The molecular weight excluding hydrogens is 395 g/mol. The van der Waals surface area contributed by atoms with Crippen molar-refractivity contribution in [1.29, 1.82) is 0 Å². The van der Waals surface area contributed by atoms with Crippen molar-refractivity contribution < 1.29 is 22.7 Å². The molecule has 1 saturated carbocycles. The van der Waals surface area contributed by atoms with E-state index < -0.39 is 17.8 Å². The monoisotopic (exact) mass is 415 g/mol. The van der Waals surface area contributed by atoms with Gasteiger partial charge in [-0.25, -0.2) is 0 Å². The summed E-state index contributed by atoms with van der Waals surface area (Å²) in [4.78, 5) is 14.6. The number of hydrogen-bond acceptors (Lipinski definition) is 3. The van der Waals surface area contributed by atoms with Crippen molar-refractivity contribution in [3.63, 3.8) is 0 Å². The number of alkyl halides is 3. The lowest BCUT2D eigenvalue weighted by atomic mass is 9.91. The molecule has 1 amide bonds. The van der Waals surface area contributed by atoms with Gasteiger partial charge in [-0.2, -0.15) is 18.3 Å². The Morgan fingerprint density at radius 2 is 1.96 bits per heavy atom. The molecule has 0 aliphatic heterocycles. The summed E-state index contributed by atoms with van der Waals surface area (Å²) in [7, 11) is 1.65. The van der Waals surface area contributed by atoms with E-state index in [2.05, 4.69) is 10.2 Å². The van der Waals surface area contributed by atoms with Gasteiger partial charge in [0.25, 0.3) is 5.91 Å². The molecule has 0 unspecified atom stereocenters. The standard InChI is InChI=1S/C19H21ClF3N3O2/c1-28-14-8-6-13(7-9-14)26(11-12-4-2-3-5-15(12)20)18(27)16-10-17(25-24-16)19(21,22)23/h2-5,10,13-14H,6-9,11H2,1H3,(H,24,25)/t13-,14-. The Bertz CT molecular complexity index is 817. The average Bonchev–Trinajstić information content (AvgIpc) is 3.18. The number of nitrogens with one attached hydrogen (secondary N) is 1. The quantitative estimate of drug-likeness (QED) is 0.771. The summed E-state index contributed by atoms with van der Waals surface area (Å²) in [6.07, 6.45) is -1.50. The van der Waals surface area contributed by atoms with Crippen LogP contribution in [0.5, 0.6) is 0 Å². The average molecular weight is 416 g/mol. The molecule has 3 rings (SSSR count). The highest BCUT2D eigenvalue weighted by atomic mass is 35.5. The topological polar surface area (TPSA) is 58.2 Å². The number of H-pyrrole nitrogens is 1. The van der Waals surface area contributed by atoms with Gasteiger partial charge in [0, 0.05) is 30.8 Å². The van der Waals surface area contributed by atoms with Crippen LogP contribution in [0.4, 0.5) is 13.2 Å². The van der Waals surface area contributed by atoms with Crippen LogP contribution in [-0.2, 0) is 17.5 Å². The van der Waals surface area contributed by atoms with E-state index in [4.69, 9.17) is 16.3 Å². The minimum Gasteiger partial charge on any atom is -0.381 e. The van der Waals surface area contributed by atoms with E-state index in [1.54, 1.807) is 30.2 Å². The second-order valence-electron chi connectivity index (χ2n) is 6.86. The third kappa shape index (κ3) is 4.67. The van der Waals surface area contributed by atoms with E-state index in [-0.39, 0.29) is 24.4 Å². The van der Waals surface area contributed by atoms with Gasteiger partial charge in [-0.05, 0) is 37.3 Å². The number of nitrogens with zero attached hydrogens (tertiary/aromatic N) is 2. The molecule has 1 heterocycles. The molecule has 1 N–H and O–H groups in total. The van der Waals surface area contributed by atoms with Crippen LogP contribution in [0.2, 0.25) is 5.02 Å². The Kier molecular flexibility index (Phi) is 6.30. The van der Waals surface area contributed by atoms with E-state index >= 15 is 0 Å². The highest BCUT2D eigenvalue weighted by molar-refractivity contribution is 6.31. The van der Waals surface area contributed by atoms with Crippen LogP contribution < -0.4 is 0 Å². The molecule has 2 aromatic rings. The fourth-order valence-corrected chi connectivity index (χ4v) is 3.70.